The van der Waals surface area contributed by atoms with Crippen molar-refractivity contribution in [2.45, 2.75) is 6.92 Å². The summed E-state index contributed by atoms with van der Waals surface area (Å²) in [5, 5.41) is 4.42. The Morgan fingerprint density at radius 3 is 3.00 bits per heavy atom. The van der Waals surface area contributed by atoms with Crippen molar-refractivity contribution in [1.82, 2.24) is 19.9 Å². The number of anilines is 1. The third-order valence-electron chi connectivity index (χ3n) is 3.51. The molecule has 110 valence electrons. The molecule has 0 bridgehead atoms. The number of hydrogen-bond donors (Lipinski definition) is 2. The molecule has 7 nitrogen and oxygen atoms in total. The van der Waals surface area contributed by atoms with E-state index in [0.29, 0.717) is 22.9 Å². The number of nitrogens with two attached hydrogens (primary N) is 1. The Morgan fingerprint density at radius 2 is 2.13 bits per heavy atom. The molecule has 0 atom stereocenters. The first kappa shape index (κ1) is 13.2. The van der Waals surface area contributed by atoms with E-state index in [1.54, 1.807) is 17.2 Å². The van der Waals surface area contributed by atoms with Gasteiger partial charge in [0.25, 0.3) is 0 Å². The zero-order valence-electron chi connectivity index (χ0n) is 12.3. The van der Waals surface area contributed by atoms with Gasteiger partial charge < -0.3 is 10.7 Å². The topological polar surface area (TPSA) is 95.8 Å². The largest absolute Gasteiger partial charge is 0.383 e. The van der Waals surface area contributed by atoms with Crippen LogP contribution >= 0.6 is 0 Å². The first-order valence-corrected chi connectivity index (χ1v) is 6.99. The van der Waals surface area contributed by atoms with Crippen LogP contribution in [0.1, 0.15) is 18.1 Å². The van der Waals surface area contributed by atoms with Gasteiger partial charge in [0, 0.05) is 5.56 Å². The lowest BCUT2D eigenvalue weighted by Gasteiger charge is -1.94. The van der Waals surface area contributed by atoms with Gasteiger partial charge in [-0.05, 0) is 36.0 Å². The lowest BCUT2D eigenvalue weighted by molar-refractivity contribution is -0.440. The molecule has 0 spiro atoms. The van der Waals surface area contributed by atoms with Gasteiger partial charge in [-0.2, -0.15) is 4.98 Å². The van der Waals surface area contributed by atoms with Crippen LogP contribution in [0.4, 0.5) is 11.6 Å². The molecule has 3 N–H and O–H groups in total. The van der Waals surface area contributed by atoms with Crippen LogP contribution in [0.25, 0.3) is 11.0 Å². The van der Waals surface area contributed by atoms with Gasteiger partial charge in [0.05, 0.1) is 23.6 Å². The first-order chi connectivity index (χ1) is 11.3. The summed E-state index contributed by atoms with van der Waals surface area (Å²) in [5.41, 5.74) is 9.89. The number of nitrogens with one attached hydrogen (secondary N) is 1. The van der Waals surface area contributed by atoms with Gasteiger partial charge >= 0.3 is 5.82 Å². The van der Waals surface area contributed by atoms with E-state index in [9.17, 15) is 0 Å². The van der Waals surface area contributed by atoms with Gasteiger partial charge in [-0.25, -0.2) is 4.98 Å². The van der Waals surface area contributed by atoms with Crippen molar-refractivity contribution in [2.24, 2.45) is 5.10 Å². The van der Waals surface area contributed by atoms with E-state index in [-0.39, 0.29) is 0 Å². The van der Waals surface area contributed by atoms with E-state index in [0.717, 1.165) is 16.6 Å². The lowest BCUT2D eigenvalue weighted by Crippen LogP contribution is -2.03. The Kier molecular flexibility index (Phi) is 2.88. The first-order valence-electron chi connectivity index (χ1n) is 6.99. The monoisotopic (exact) mass is 302 g/mol. The fourth-order valence-electron chi connectivity index (χ4n) is 2.41. The highest BCUT2D eigenvalue weighted by Gasteiger charge is 2.30. The van der Waals surface area contributed by atoms with Crippen LogP contribution in [0.2, 0.25) is 0 Å². The molecule has 3 heterocycles. The predicted octanol–water partition coefficient (Wildman–Crippen LogP) is 1.44. The Hall–Kier alpha value is -3.53. The second kappa shape index (κ2) is 5.03. The Bertz CT molecular complexity index is 1050. The maximum absolute atomic E-state index is 5.96. The summed E-state index contributed by atoms with van der Waals surface area (Å²) in [6.45, 7) is 1.87. The minimum absolute atomic E-state index is 0.372. The van der Waals surface area contributed by atoms with E-state index in [1.165, 1.54) is 6.33 Å². The molecule has 23 heavy (non-hydrogen) atoms. The molecule has 3 aromatic rings. The van der Waals surface area contributed by atoms with Gasteiger partial charge in [0.2, 0.25) is 6.33 Å². The number of H-pyrrole nitrogens is 1. The van der Waals surface area contributed by atoms with Crippen molar-refractivity contribution in [2.75, 3.05) is 5.73 Å². The van der Waals surface area contributed by atoms with E-state index in [1.807, 2.05) is 25.1 Å². The molecule has 1 aromatic carbocycles. The zero-order valence-corrected chi connectivity index (χ0v) is 12.3. The maximum atomic E-state index is 5.96. The molecular formula is C16H12N7+. The highest BCUT2D eigenvalue weighted by atomic mass is 15.4. The molecule has 0 saturated carbocycles. The van der Waals surface area contributed by atoms with Crippen molar-refractivity contribution in [3.05, 3.63) is 42.0 Å². The number of aromatic nitrogens is 4. The lowest BCUT2D eigenvalue weighted by atomic mass is 10.1. The zero-order chi connectivity index (χ0) is 15.8. The van der Waals surface area contributed by atoms with Crippen molar-refractivity contribution in [1.29, 1.82) is 0 Å². The average Bonchev–Trinajstić information content (AvgIpc) is 3.17. The van der Waals surface area contributed by atoms with Crippen LogP contribution in [-0.4, -0.2) is 36.5 Å². The molecule has 0 fully saturated rings. The van der Waals surface area contributed by atoms with Crippen molar-refractivity contribution in [3.63, 3.8) is 0 Å². The molecule has 4 rings (SSSR count). The van der Waals surface area contributed by atoms with Crippen LogP contribution in [0.15, 0.2) is 36.0 Å². The number of hydrogen-bond acceptors (Lipinski definition) is 5. The number of benzene rings is 1. The van der Waals surface area contributed by atoms with Crippen molar-refractivity contribution >= 4 is 34.6 Å². The molecule has 2 aromatic heterocycles. The second-order valence-electron chi connectivity index (χ2n) is 4.89. The highest BCUT2D eigenvalue weighted by molar-refractivity contribution is 6.18. The third-order valence-corrected chi connectivity index (χ3v) is 3.51. The number of rotatable bonds is 0. The van der Waals surface area contributed by atoms with Crippen molar-refractivity contribution in [3.8, 4) is 11.8 Å². The van der Waals surface area contributed by atoms with Gasteiger partial charge in [-0.3, -0.25) is 0 Å². The summed E-state index contributed by atoms with van der Waals surface area (Å²) in [6.07, 6.45) is 4.88. The molecule has 1 aliphatic heterocycles. The smallest absolute Gasteiger partial charge is 0.363 e. The Morgan fingerprint density at radius 1 is 1.22 bits per heavy atom. The van der Waals surface area contributed by atoms with E-state index in [4.69, 9.17) is 5.73 Å². The summed E-state index contributed by atoms with van der Waals surface area (Å²) >= 11 is 0. The fourth-order valence-corrected chi connectivity index (χ4v) is 2.41. The van der Waals surface area contributed by atoms with Gasteiger partial charge in [0.1, 0.15) is 5.82 Å². The molecule has 7 heteroatoms. The summed E-state index contributed by atoms with van der Waals surface area (Å²) in [5.74, 6) is 7.18. The average molecular weight is 302 g/mol. The summed E-state index contributed by atoms with van der Waals surface area (Å²) in [7, 11) is 0. The van der Waals surface area contributed by atoms with Gasteiger partial charge in [-0.15, -0.1) is 4.68 Å². The quantitative estimate of drug-likeness (QED) is 0.485. The molecule has 0 saturated heterocycles. The molecule has 0 amide bonds. The van der Waals surface area contributed by atoms with Crippen LogP contribution in [0, 0.1) is 11.8 Å². The molecule has 0 unspecified atom stereocenters. The predicted molar refractivity (Wildman–Crippen MR) is 87.6 cm³/mol. The summed E-state index contributed by atoms with van der Waals surface area (Å²) in [6, 6.07) is 5.78. The van der Waals surface area contributed by atoms with Crippen LogP contribution in [0.5, 0.6) is 0 Å². The number of nitrogen functional groups attached to an aromatic ring is 1. The van der Waals surface area contributed by atoms with Crippen LogP contribution in [0.3, 0.4) is 0 Å². The number of aromatic amines is 1. The molecule has 0 radical (unpaired) electrons. The minimum Gasteiger partial charge on any atom is -0.383 e. The molecular weight excluding hydrogens is 290 g/mol. The van der Waals surface area contributed by atoms with Crippen LogP contribution in [-0.2, 0) is 0 Å². The number of imidazole rings is 1. The second-order valence-corrected chi connectivity index (χ2v) is 4.89. The number of hydrazone groups is 1. The standard InChI is InChI=1S/C16H12N7/c1-2-23-16-14(15(17)20-9-21-16)12(22-23)6-4-10-3-5-11-13(7-10)19-8-18-11/h2-3,5,7-9H,1H3,(H,18,19)(H2,17,20,21)/q+1/b23-2+. The van der Waals surface area contributed by atoms with Gasteiger partial charge in [-0.1, -0.05) is 11.0 Å². The molecule has 0 aliphatic carbocycles. The Balaban J connectivity index is 1.78. The maximum Gasteiger partial charge on any atom is 0.363 e. The highest BCUT2D eigenvalue weighted by Crippen LogP contribution is 2.26. The SMILES string of the molecule is C/C=[N+]1/N=C(C#Cc2ccc3nc[nH]c3c2)c2c(N)ncnc21. The van der Waals surface area contributed by atoms with Gasteiger partial charge in [0.15, 0.2) is 11.3 Å². The third kappa shape index (κ3) is 2.13. The minimum atomic E-state index is 0.372. The fraction of sp³-hybridized carbons (Fsp3) is 0.0625. The number of fused-ring (bicyclic) bond motifs is 2. The molecule has 1 aliphatic rings. The van der Waals surface area contributed by atoms with E-state index < -0.39 is 0 Å². The number of nitrogens with zero attached hydrogens (tertiary/aromatic N) is 5. The summed E-state index contributed by atoms with van der Waals surface area (Å²) < 4.78 is 1.65. The van der Waals surface area contributed by atoms with Crippen molar-refractivity contribution < 1.29 is 4.68 Å². The van der Waals surface area contributed by atoms with E-state index >= 15 is 0 Å². The normalized spacial score (nSPS) is 14.5. The summed E-state index contributed by atoms with van der Waals surface area (Å²) in [4.78, 5) is 15.5. The van der Waals surface area contributed by atoms with Crippen LogP contribution < -0.4 is 5.73 Å². The Labute approximate surface area is 131 Å². The van der Waals surface area contributed by atoms with E-state index in [2.05, 4.69) is 36.9 Å².